The Morgan fingerprint density at radius 2 is 2.12 bits per heavy atom. The molecular formula is C13H22FN3. The predicted octanol–water partition coefficient (Wildman–Crippen LogP) is 1.29. The summed E-state index contributed by atoms with van der Waals surface area (Å²) in [5, 5.41) is 3.39. The number of nitrogens with two attached hydrogens (primary N) is 1. The third-order valence-corrected chi connectivity index (χ3v) is 2.79. The molecule has 0 heterocycles. The van der Waals surface area contributed by atoms with Crippen LogP contribution in [0.5, 0.6) is 0 Å². The molecule has 1 atom stereocenters. The van der Waals surface area contributed by atoms with E-state index in [2.05, 4.69) is 10.2 Å². The monoisotopic (exact) mass is 239 g/mol. The van der Waals surface area contributed by atoms with Crippen molar-refractivity contribution in [2.24, 2.45) is 5.73 Å². The molecule has 0 aliphatic heterocycles. The molecule has 17 heavy (non-hydrogen) atoms. The summed E-state index contributed by atoms with van der Waals surface area (Å²) in [5.41, 5.74) is 7.78. The lowest BCUT2D eigenvalue weighted by Crippen LogP contribution is -2.34. The highest BCUT2D eigenvalue weighted by Crippen LogP contribution is 2.17. The third kappa shape index (κ3) is 4.42. The van der Waals surface area contributed by atoms with Gasteiger partial charge in [-0.15, -0.1) is 0 Å². The first-order valence-corrected chi connectivity index (χ1v) is 5.89. The van der Waals surface area contributed by atoms with Crippen LogP contribution in [0.15, 0.2) is 18.2 Å². The largest absolute Gasteiger partial charge is 0.329 e. The van der Waals surface area contributed by atoms with Crippen molar-refractivity contribution in [2.45, 2.75) is 13.0 Å². The standard InChI is InChI=1S/C13H22FN3/c1-10-8-11(14)4-5-12(10)13(9-15)16-6-7-17(2)3/h4-5,8,13,16H,6-7,9,15H2,1-3H3. The first kappa shape index (κ1) is 14.1. The molecule has 4 heteroatoms. The summed E-state index contributed by atoms with van der Waals surface area (Å²) in [6.45, 7) is 4.25. The minimum absolute atomic E-state index is 0.0931. The Hall–Kier alpha value is -0.970. The van der Waals surface area contributed by atoms with Gasteiger partial charge < -0.3 is 16.0 Å². The molecule has 96 valence electrons. The zero-order valence-electron chi connectivity index (χ0n) is 10.8. The molecule has 0 aromatic heterocycles. The van der Waals surface area contributed by atoms with Crippen LogP contribution in [0.3, 0.4) is 0 Å². The Kier molecular flexibility index (Phi) is 5.55. The van der Waals surface area contributed by atoms with E-state index in [1.54, 1.807) is 6.07 Å². The lowest BCUT2D eigenvalue weighted by Gasteiger charge is -2.20. The van der Waals surface area contributed by atoms with Crippen LogP contribution in [0.1, 0.15) is 17.2 Å². The van der Waals surface area contributed by atoms with E-state index >= 15 is 0 Å². The lowest BCUT2D eigenvalue weighted by molar-refractivity contribution is 0.385. The number of rotatable bonds is 6. The van der Waals surface area contributed by atoms with Crippen molar-refractivity contribution in [3.63, 3.8) is 0 Å². The molecule has 0 spiro atoms. The molecule has 0 saturated carbocycles. The van der Waals surface area contributed by atoms with Crippen LogP contribution in [-0.2, 0) is 0 Å². The summed E-state index contributed by atoms with van der Waals surface area (Å²) in [5.74, 6) is -0.199. The summed E-state index contributed by atoms with van der Waals surface area (Å²) in [4.78, 5) is 2.11. The SMILES string of the molecule is Cc1cc(F)ccc1C(CN)NCCN(C)C. The second-order valence-electron chi connectivity index (χ2n) is 4.55. The summed E-state index contributed by atoms with van der Waals surface area (Å²) < 4.78 is 13.0. The van der Waals surface area contributed by atoms with Gasteiger partial charge in [0.1, 0.15) is 5.82 Å². The molecule has 1 unspecified atom stereocenters. The van der Waals surface area contributed by atoms with Crippen LogP contribution in [0.4, 0.5) is 4.39 Å². The van der Waals surface area contributed by atoms with Gasteiger partial charge in [-0.05, 0) is 44.3 Å². The molecule has 3 nitrogen and oxygen atoms in total. The second kappa shape index (κ2) is 6.69. The van der Waals surface area contributed by atoms with Crippen molar-refractivity contribution in [1.29, 1.82) is 0 Å². The molecule has 3 N–H and O–H groups in total. The minimum Gasteiger partial charge on any atom is -0.329 e. The van der Waals surface area contributed by atoms with E-state index in [4.69, 9.17) is 5.73 Å². The zero-order valence-corrected chi connectivity index (χ0v) is 10.8. The fourth-order valence-electron chi connectivity index (χ4n) is 1.81. The third-order valence-electron chi connectivity index (χ3n) is 2.79. The first-order chi connectivity index (χ1) is 8.04. The molecule has 1 aromatic rings. The molecule has 0 aliphatic carbocycles. The maximum atomic E-state index is 13.0. The van der Waals surface area contributed by atoms with Crippen LogP contribution in [0, 0.1) is 12.7 Å². The number of hydrogen-bond acceptors (Lipinski definition) is 3. The highest BCUT2D eigenvalue weighted by molar-refractivity contribution is 5.29. The fourth-order valence-corrected chi connectivity index (χ4v) is 1.81. The fraction of sp³-hybridized carbons (Fsp3) is 0.538. The maximum absolute atomic E-state index is 13.0. The van der Waals surface area contributed by atoms with E-state index in [1.165, 1.54) is 6.07 Å². The van der Waals surface area contributed by atoms with E-state index in [0.717, 1.165) is 24.2 Å². The van der Waals surface area contributed by atoms with Crippen LogP contribution in [0.2, 0.25) is 0 Å². The highest BCUT2D eigenvalue weighted by Gasteiger charge is 2.11. The molecule has 0 radical (unpaired) electrons. The number of nitrogens with one attached hydrogen (secondary N) is 1. The number of aryl methyl sites for hydroxylation is 1. The Balaban J connectivity index is 2.66. The van der Waals surface area contributed by atoms with Crippen molar-refractivity contribution in [3.8, 4) is 0 Å². The van der Waals surface area contributed by atoms with E-state index in [1.807, 2.05) is 27.1 Å². The van der Waals surface area contributed by atoms with Gasteiger partial charge in [-0.3, -0.25) is 0 Å². The molecule has 0 saturated heterocycles. The average Bonchev–Trinajstić information content (AvgIpc) is 2.25. The van der Waals surface area contributed by atoms with Crippen molar-refractivity contribution < 1.29 is 4.39 Å². The predicted molar refractivity (Wildman–Crippen MR) is 69.5 cm³/mol. The first-order valence-electron chi connectivity index (χ1n) is 5.89. The van der Waals surface area contributed by atoms with Gasteiger partial charge in [-0.25, -0.2) is 4.39 Å². The molecule has 1 rings (SSSR count). The summed E-state index contributed by atoms with van der Waals surface area (Å²) in [6, 6.07) is 4.94. The van der Waals surface area contributed by atoms with Gasteiger partial charge in [0.2, 0.25) is 0 Å². The normalized spacial score (nSPS) is 13.1. The second-order valence-corrected chi connectivity index (χ2v) is 4.55. The summed E-state index contributed by atoms with van der Waals surface area (Å²) in [6.07, 6.45) is 0. The van der Waals surface area contributed by atoms with Crippen LogP contribution >= 0.6 is 0 Å². The lowest BCUT2D eigenvalue weighted by atomic mass is 10.0. The van der Waals surface area contributed by atoms with E-state index in [0.29, 0.717) is 6.54 Å². The number of halogens is 1. The Morgan fingerprint density at radius 3 is 2.65 bits per heavy atom. The van der Waals surface area contributed by atoms with Crippen molar-refractivity contribution >= 4 is 0 Å². The van der Waals surface area contributed by atoms with Crippen molar-refractivity contribution in [2.75, 3.05) is 33.7 Å². The van der Waals surface area contributed by atoms with Crippen LogP contribution < -0.4 is 11.1 Å². The smallest absolute Gasteiger partial charge is 0.123 e. The number of likely N-dealkylation sites (N-methyl/N-ethyl adjacent to an activating group) is 1. The molecule has 0 bridgehead atoms. The molecule has 1 aromatic carbocycles. The van der Waals surface area contributed by atoms with Crippen molar-refractivity contribution in [3.05, 3.63) is 35.1 Å². The zero-order chi connectivity index (χ0) is 12.8. The van der Waals surface area contributed by atoms with Gasteiger partial charge in [0, 0.05) is 25.7 Å². The Morgan fingerprint density at radius 1 is 1.41 bits per heavy atom. The Bertz CT molecular complexity index is 353. The number of benzene rings is 1. The van der Waals surface area contributed by atoms with Gasteiger partial charge in [-0.1, -0.05) is 6.07 Å². The molecule has 0 amide bonds. The molecular weight excluding hydrogens is 217 g/mol. The molecule has 0 fully saturated rings. The van der Waals surface area contributed by atoms with Crippen LogP contribution in [-0.4, -0.2) is 38.6 Å². The average molecular weight is 239 g/mol. The van der Waals surface area contributed by atoms with Gasteiger partial charge in [0.25, 0.3) is 0 Å². The number of nitrogens with zero attached hydrogens (tertiary/aromatic N) is 1. The molecule has 0 aliphatic rings. The summed E-state index contributed by atoms with van der Waals surface area (Å²) >= 11 is 0. The topological polar surface area (TPSA) is 41.3 Å². The highest BCUT2D eigenvalue weighted by atomic mass is 19.1. The van der Waals surface area contributed by atoms with Crippen molar-refractivity contribution in [1.82, 2.24) is 10.2 Å². The van der Waals surface area contributed by atoms with E-state index < -0.39 is 0 Å². The number of hydrogen-bond donors (Lipinski definition) is 2. The van der Waals surface area contributed by atoms with Gasteiger partial charge in [0.15, 0.2) is 0 Å². The maximum Gasteiger partial charge on any atom is 0.123 e. The Labute approximate surface area is 103 Å². The van der Waals surface area contributed by atoms with Gasteiger partial charge >= 0.3 is 0 Å². The minimum atomic E-state index is -0.199. The van der Waals surface area contributed by atoms with Gasteiger partial charge in [0.05, 0.1) is 0 Å². The van der Waals surface area contributed by atoms with Gasteiger partial charge in [-0.2, -0.15) is 0 Å². The quantitative estimate of drug-likeness (QED) is 0.786. The van der Waals surface area contributed by atoms with E-state index in [-0.39, 0.29) is 11.9 Å². The summed E-state index contributed by atoms with van der Waals surface area (Å²) in [7, 11) is 4.06. The van der Waals surface area contributed by atoms with Crippen LogP contribution in [0.25, 0.3) is 0 Å². The van der Waals surface area contributed by atoms with E-state index in [9.17, 15) is 4.39 Å².